The SMILES string of the molecule is CC[CH]NC(=O)CCCCCCCCCCC. The second kappa shape index (κ2) is 13.5. The Morgan fingerprint density at radius 2 is 1.41 bits per heavy atom. The maximum Gasteiger partial charge on any atom is 0.220 e. The van der Waals surface area contributed by atoms with Crippen LogP contribution in [0, 0.1) is 6.54 Å². The topological polar surface area (TPSA) is 29.1 Å². The summed E-state index contributed by atoms with van der Waals surface area (Å²) in [7, 11) is 0. The van der Waals surface area contributed by atoms with Crippen LogP contribution < -0.4 is 5.32 Å². The molecule has 17 heavy (non-hydrogen) atoms. The van der Waals surface area contributed by atoms with Gasteiger partial charge in [-0.2, -0.15) is 0 Å². The minimum atomic E-state index is 0.176. The summed E-state index contributed by atoms with van der Waals surface area (Å²) in [4.78, 5) is 11.3. The summed E-state index contributed by atoms with van der Waals surface area (Å²) in [5.41, 5.74) is 0. The van der Waals surface area contributed by atoms with Gasteiger partial charge in [-0.15, -0.1) is 0 Å². The van der Waals surface area contributed by atoms with Gasteiger partial charge in [0, 0.05) is 13.0 Å². The van der Waals surface area contributed by atoms with Crippen LogP contribution in [0.15, 0.2) is 0 Å². The number of hydrogen-bond donors (Lipinski definition) is 1. The minimum absolute atomic E-state index is 0.176. The fourth-order valence-electron chi connectivity index (χ4n) is 1.88. The molecule has 0 heterocycles. The molecular formula is C15H30NO. The van der Waals surface area contributed by atoms with Crippen molar-refractivity contribution in [2.24, 2.45) is 0 Å². The summed E-state index contributed by atoms with van der Waals surface area (Å²) in [6.45, 7) is 6.11. The number of amides is 1. The van der Waals surface area contributed by atoms with Crippen LogP contribution >= 0.6 is 0 Å². The number of rotatable bonds is 12. The third-order valence-corrected chi connectivity index (χ3v) is 2.97. The largest absolute Gasteiger partial charge is 0.351 e. The molecule has 0 saturated carbocycles. The molecule has 101 valence electrons. The van der Waals surface area contributed by atoms with Gasteiger partial charge in [0.05, 0.1) is 0 Å². The fraction of sp³-hybridized carbons (Fsp3) is 0.867. The Kier molecular flexibility index (Phi) is 13.1. The van der Waals surface area contributed by atoms with Crippen LogP contribution in [0.1, 0.15) is 84.5 Å². The van der Waals surface area contributed by atoms with E-state index in [9.17, 15) is 4.79 Å². The molecule has 2 heteroatoms. The molecule has 0 aromatic carbocycles. The Morgan fingerprint density at radius 3 is 1.94 bits per heavy atom. The molecule has 0 aliphatic rings. The van der Waals surface area contributed by atoms with E-state index in [2.05, 4.69) is 12.2 Å². The quantitative estimate of drug-likeness (QED) is 0.496. The van der Waals surface area contributed by atoms with E-state index in [0.717, 1.165) is 12.8 Å². The molecule has 1 amide bonds. The summed E-state index contributed by atoms with van der Waals surface area (Å²) in [5.74, 6) is 0.176. The van der Waals surface area contributed by atoms with Crippen molar-refractivity contribution in [3.05, 3.63) is 6.54 Å². The highest BCUT2D eigenvalue weighted by Gasteiger charge is 1.99. The zero-order valence-corrected chi connectivity index (χ0v) is 11.8. The van der Waals surface area contributed by atoms with E-state index in [1.54, 1.807) is 0 Å². The molecule has 0 saturated heterocycles. The molecule has 0 aliphatic heterocycles. The van der Waals surface area contributed by atoms with Gasteiger partial charge in [-0.3, -0.25) is 4.79 Å². The van der Waals surface area contributed by atoms with Crippen LogP contribution in [-0.2, 0) is 4.79 Å². The third-order valence-electron chi connectivity index (χ3n) is 2.97. The van der Waals surface area contributed by atoms with E-state index < -0.39 is 0 Å². The van der Waals surface area contributed by atoms with Crippen LogP contribution in [0.5, 0.6) is 0 Å². The first-order valence-corrected chi connectivity index (χ1v) is 7.42. The number of unbranched alkanes of at least 4 members (excludes halogenated alkanes) is 8. The minimum Gasteiger partial charge on any atom is -0.351 e. The number of carbonyl (C=O) groups excluding carboxylic acids is 1. The molecule has 0 aliphatic carbocycles. The molecule has 0 unspecified atom stereocenters. The van der Waals surface area contributed by atoms with E-state index in [1.807, 2.05) is 13.5 Å². The number of hydrogen-bond acceptors (Lipinski definition) is 1. The summed E-state index contributed by atoms with van der Waals surface area (Å²) in [5, 5.41) is 2.79. The summed E-state index contributed by atoms with van der Waals surface area (Å²) < 4.78 is 0. The maximum atomic E-state index is 11.3. The highest BCUT2D eigenvalue weighted by atomic mass is 16.1. The second-order valence-corrected chi connectivity index (χ2v) is 4.76. The predicted molar refractivity (Wildman–Crippen MR) is 74.6 cm³/mol. The van der Waals surface area contributed by atoms with Crippen LogP contribution in [0.4, 0.5) is 0 Å². The highest BCUT2D eigenvalue weighted by Crippen LogP contribution is 2.10. The average molecular weight is 240 g/mol. The smallest absolute Gasteiger partial charge is 0.220 e. The van der Waals surface area contributed by atoms with Gasteiger partial charge in [-0.1, -0.05) is 65.2 Å². The van der Waals surface area contributed by atoms with E-state index >= 15 is 0 Å². The van der Waals surface area contributed by atoms with Crippen molar-refractivity contribution < 1.29 is 4.79 Å². The zero-order chi connectivity index (χ0) is 12.8. The molecule has 1 radical (unpaired) electrons. The first kappa shape index (κ1) is 16.5. The van der Waals surface area contributed by atoms with Gasteiger partial charge in [-0.25, -0.2) is 0 Å². The summed E-state index contributed by atoms with van der Waals surface area (Å²) in [6, 6.07) is 0. The standard InChI is InChI=1S/C15H30NO/c1-3-5-6-7-8-9-10-11-12-13-15(17)16-14-4-2/h14H,3-13H2,1-2H3,(H,16,17). The highest BCUT2D eigenvalue weighted by molar-refractivity contribution is 5.76. The average Bonchev–Trinajstić information content (AvgIpc) is 2.34. The van der Waals surface area contributed by atoms with Gasteiger partial charge in [0.2, 0.25) is 5.91 Å². The van der Waals surface area contributed by atoms with Crippen LogP contribution in [0.2, 0.25) is 0 Å². The Bertz CT molecular complexity index is 168. The zero-order valence-electron chi connectivity index (χ0n) is 11.8. The molecule has 0 spiro atoms. The van der Waals surface area contributed by atoms with E-state index in [-0.39, 0.29) is 5.91 Å². The van der Waals surface area contributed by atoms with Gasteiger partial charge >= 0.3 is 0 Å². The van der Waals surface area contributed by atoms with Crippen LogP contribution in [0.3, 0.4) is 0 Å². The molecule has 0 atom stereocenters. The molecular weight excluding hydrogens is 210 g/mol. The summed E-state index contributed by atoms with van der Waals surface area (Å²) >= 11 is 0. The van der Waals surface area contributed by atoms with E-state index in [0.29, 0.717) is 6.42 Å². The molecule has 0 bridgehead atoms. The van der Waals surface area contributed by atoms with Gasteiger partial charge in [0.25, 0.3) is 0 Å². The van der Waals surface area contributed by atoms with Crippen molar-refractivity contribution in [3.63, 3.8) is 0 Å². The van der Waals surface area contributed by atoms with Gasteiger partial charge < -0.3 is 5.32 Å². The Hall–Kier alpha value is -0.530. The van der Waals surface area contributed by atoms with Gasteiger partial charge in [0.1, 0.15) is 0 Å². The lowest BCUT2D eigenvalue weighted by molar-refractivity contribution is -0.120. The summed E-state index contributed by atoms with van der Waals surface area (Å²) in [6.07, 6.45) is 13.3. The number of carbonyl (C=O) groups is 1. The predicted octanol–water partition coefficient (Wildman–Crippen LogP) is 4.60. The van der Waals surface area contributed by atoms with Crippen molar-refractivity contribution in [3.8, 4) is 0 Å². The van der Waals surface area contributed by atoms with E-state index in [1.165, 1.54) is 51.4 Å². The van der Waals surface area contributed by atoms with E-state index in [4.69, 9.17) is 0 Å². The second-order valence-electron chi connectivity index (χ2n) is 4.76. The molecule has 1 N–H and O–H groups in total. The fourth-order valence-corrected chi connectivity index (χ4v) is 1.88. The Balaban J connectivity index is 3.05. The van der Waals surface area contributed by atoms with Gasteiger partial charge in [-0.05, 0) is 12.8 Å². The van der Waals surface area contributed by atoms with Crippen LogP contribution in [-0.4, -0.2) is 5.91 Å². The molecule has 2 nitrogen and oxygen atoms in total. The molecule has 0 rings (SSSR count). The first-order valence-electron chi connectivity index (χ1n) is 7.42. The van der Waals surface area contributed by atoms with Crippen molar-refractivity contribution in [2.45, 2.75) is 84.5 Å². The Labute approximate surface area is 108 Å². The lowest BCUT2D eigenvalue weighted by Crippen LogP contribution is -2.19. The normalized spacial score (nSPS) is 10.5. The molecule has 0 aromatic rings. The number of nitrogens with one attached hydrogen (secondary N) is 1. The van der Waals surface area contributed by atoms with Crippen molar-refractivity contribution in [2.75, 3.05) is 0 Å². The van der Waals surface area contributed by atoms with Gasteiger partial charge in [0.15, 0.2) is 0 Å². The lowest BCUT2D eigenvalue weighted by Gasteiger charge is -2.03. The first-order chi connectivity index (χ1) is 8.31. The lowest BCUT2D eigenvalue weighted by atomic mass is 10.1. The molecule has 0 aromatic heterocycles. The Morgan fingerprint density at radius 1 is 0.882 bits per heavy atom. The van der Waals surface area contributed by atoms with Crippen molar-refractivity contribution in [1.82, 2.24) is 5.32 Å². The van der Waals surface area contributed by atoms with Crippen LogP contribution in [0.25, 0.3) is 0 Å². The van der Waals surface area contributed by atoms with Crippen molar-refractivity contribution >= 4 is 5.91 Å². The third kappa shape index (κ3) is 13.4. The molecule has 0 fully saturated rings. The van der Waals surface area contributed by atoms with Crippen molar-refractivity contribution in [1.29, 1.82) is 0 Å². The maximum absolute atomic E-state index is 11.3. The monoisotopic (exact) mass is 240 g/mol.